The van der Waals surface area contributed by atoms with Gasteiger partial charge in [0.25, 0.3) is 0 Å². The second-order valence-corrected chi connectivity index (χ2v) is 8.85. The van der Waals surface area contributed by atoms with Gasteiger partial charge in [-0.1, -0.05) is 25.1 Å². The third-order valence-corrected chi connectivity index (χ3v) is 6.42. The Labute approximate surface area is 182 Å². The molecule has 1 saturated heterocycles. The van der Waals surface area contributed by atoms with E-state index < -0.39 is 17.8 Å². The quantitative estimate of drug-likeness (QED) is 0.635. The number of alkyl halides is 3. The number of aromatic nitrogens is 1. The van der Waals surface area contributed by atoms with Crippen molar-refractivity contribution < 1.29 is 17.9 Å². The van der Waals surface area contributed by atoms with Gasteiger partial charge in [0.15, 0.2) is 0 Å². The summed E-state index contributed by atoms with van der Waals surface area (Å²) in [6.45, 7) is 8.70. The number of piperidine rings is 1. The summed E-state index contributed by atoms with van der Waals surface area (Å²) in [6, 6.07) is 11.3. The summed E-state index contributed by atoms with van der Waals surface area (Å²) in [6.07, 6.45) is -2.06. The van der Waals surface area contributed by atoms with Crippen LogP contribution in [0.3, 0.4) is 0 Å². The van der Waals surface area contributed by atoms with E-state index >= 15 is 0 Å². The molecular formula is C24H32F3N3O. The first kappa shape index (κ1) is 23.5. The number of nitrogens with zero attached hydrogens (tertiary/aromatic N) is 2. The molecule has 0 saturated carbocycles. The van der Waals surface area contributed by atoms with Crippen LogP contribution in [0.5, 0.6) is 5.88 Å². The molecular weight excluding hydrogens is 403 g/mol. The lowest BCUT2D eigenvalue weighted by atomic mass is 9.72. The van der Waals surface area contributed by atoms with Crippen molar-refractivity contribution in [3.8, 4) is 5.88 Å². The van der Waals surface area contributed by atoms with Crippen molar-refractivity contribution >= 4 is 0 Å². The molecule has 2 heterocycles. The van der Waals surface area contributed by atoms with Gasteiger partial charge in [-0.3, -0.25) is 0 Å². The van der Waals surface area contributed by atoms with E-state index in [1.54, 1.807) is 6.07 Å². The Bertz CT molecular complexity index is 846. The van der Waals surface area contributed by atoms with E-state index in [-0.39, 0.29) is 5.41 Å². The molecule has 1 aliphatic rings. The molecule has 1 fully saturated rings. The van der Waals surface area contributed by atoms with Crippen molar-refractivity contribution in [2.75, 3.05) is 19.6 Å². The van der Waals surface area contributed by atoms with Crippen molar-refractivity contribution in [3.63, 3.8) is 0 Å². The van der Waals surface area contributed by atoms with Gasteiger partial charge in [-0.2, -0.15) is 13.2 Å². The first-order chi connectivity index (χ1) is 14.6. The predicted molar refractivity (Wildman–Crippen MR) is 116 cm³/mol. The normalized spacial score (nSPS) is 19.1. The minimum Gasteiger partial charge on any atom is -0.469 e. The maximum Gasteiger partial charge on any atom is 0.416 e. The number of nitrogens with two attached hydrogens (primary N) is 1. The molecule has 0 amide bonds. The van der Waals surface area contributed by atoms with Gasteiger partial charge in [-0.25, -0.2) is 4.98 Å². The third kappa shape index (κ3) is 5.77. The van der Waals surface area contributed by atoms with Crippen LogP contribution < -0.4 is 10.5 Å². The van der Waals surface area contributed by atoms with Gasteiger partial charge in [0.1, 0.15) is 6.10 Å². The number of ether oxygens (including phenoxy) is 1. The van der Waals surface area contributed by atoms with Gasteiger partial charge in [0, 0.05) is 23.2 Å². The number of hydrogen-bond acceptors (Lipinski definition) is 4. The van der Waals surface area contributed by atoms with Crippen molar-refractivity contribution in [1.82, 2.24) is 9.88 Å². The monoisotopic (exact) mass is 435 g/mol. The number of aryl methyl sites for hydroxylation is 1. The van der Waals surface area contributed by atoms with Crippen LogP contribution in [0.1, 0.15) is 56.0 Å². The Hall–Kier alpha value is -2.12. The van der Waals surface area contributed by atoms with Crippen LogP contribution in [-0.2, 0) is 6.18 Å². The van der Waals surface area contributed by atoms with E-state index in [1.165, 1.54) is 12.1 Å². The lowest BCUT2D eigenvalue weighted by molar-refractivity contribution is -0.137. The SMILES string of the molecule is Cc1cccc(OC(c2ccc(C(F)(F)F)cc2)C2(C)CCN(C(C)CCN)CC2)n1. The Balaban J connectivity index is 1.87. The number of hydrogen-bond donors (Lipinski definition) is 1. The number of likely N-dealkylation sites (tertiary alicyclic amines) is 1. The zero-order valence-electron chi connectivity index (χ0n) is 18.5. The van der Waals surface area contributed by atoms with E-state index in [0.29, 0.717) is 18.5 Å². The number of pyridine rings is 1. The zero-order chi connectivity index (χ0) is 22.6. The lowest BCUT2D eigenvalue weighted by Gasteiger charge is -2.45. The smallest absolute Gasteiger partial charge is 0.416 e. The Morgan fingerprint density at radius 2 is 1.77 bits per heavy atom. The lowest BCUT2D eigenvalue weighted by Crippen LogP contribution is -2.46. The van der Waals surface area contributed by atoms with E-state index in [2.05, 4.69) is 23.7 Å². The maximum absolute atomic E-state index is 13.1. The minimum absolute atomic E-state index is 0.232. The van der Waals surface area contributed by atoms with Gasteiger partial charge < -0.3 is 15.4 Å². The fourth-order valence-corrected chi connectivity index (χ4v) is 4.33. The maximum atomic E-state index is 13.1. The fourth-order valence-electron chi connectivity index (χ4n) is 4.33. The highest BCUT2D eigenvalue weighted by Crippen LogP contribution is 2.45. The number of rotatable bonds is 7. The van der Waals surface area contributed by atoms with Crippen LogP contribution in [0.2, 0.25) is 0 Å². The first-order valence-corrected chi connectivity index (χ1v) is 10.8. The van der Waals surface area contributed by atoms with Crippen LogP contribution in [0.15, 0.2) is 42.5 Å². The molecule has 2 N–H and O–H groups in total. The largest absolute Gasteiger partial charge is 0.469 e. The molecule has 0 bridgehead atoms. The Morgan fingerprint density at radius 1 is 1.13 bits per heavy atom. The molecule has 31 heavy (non-hydrogen) atoms. The zero-order valence-corrected chi connectivity index (χ0v) is 18.5. The molecule has 1 aromatic carbocycles. The van der Waals surface area contributed by atoms with Gasteiger partial charge in [-0.15, -0.1) is 0 Å². The molecule has 1 aromatic heterocycles. The van der Waals surface area contributed by atoms with Crippen LogP contribution in [0, 0.1) is 12.3 Å². The molecule has 0 spiro atoms. The molecule has 3 rings (SSSR count). The summed E-state index contributed by atoms with van der Waals surface area (Å²) in [7, 11) is 0. The Morgan fingerprint density at radius 3 is 2.32 bits per heavy atom. The topological polar surface area (TPSA) is 51.4 Å². The van der Waals surface area contributed by atoms with Crippen molar-refractivity contribution in [3.05, 3.63) is 59.3 Å². The van der Waals surface area contributed by atoms with E-state index in [9.17, 15) is 13.2 Å². The highest BCUT2D eigenvalue weighted by molar-refractivity contribution is 5.29. The third-order valence-electron chi connectivity index (χ3n) is 6.42. The molecule has 7 heteroatoms. The number of benzene rings is 1. The van der Waals surface area contributed by atoms with E-state index in [1.807, 2.05) is 19.1 Å². The van der Waals surface area contributed by atoms with Crippen LogP contribution in [0.25, 0.3) is 0 Å². The van der Waals surface area contributed by atoms with E-state index in [0.717, 1.165) is 55.7 Å². The molecule has 2 aromatic rings. The van der Waals surface area contributed by atoms with Crippen LogP contribution in [-0.4, -0.2) is 35.6 Å². The van der Waals surface area contributed by atoms with Crippen molar-refractivity contribution in [1.29, 1.82) is 0 Å². The van der Waals surface area contributed by atoms with Crippen molar-refractivity contribution in [2.24, 2.45) is 11.1 Å². The predicted octanol–water partition coefficient (Wildman–Crippen LogP) is 5.37. The average molecular weight is 436 g/mol. The first-order valence-electron chi connectivity index (χ1n) is 10.8. The van der Waals surface area contributed by atoms with Gasteiger partial charge in [0.2, 0.25) is 5.88 Å². The highest BCUT2D eigenvalue weighted by atomic mass is 19.4. The molecule has 1 aliphatic heterocycles. The summed E-state index contributed by atoms with van der Waals surface area (Å²) in [5.74, 6) is 0.491. The van der Waals surface area contributed by atoms with Crippen molar-refractivity contribution in [2.45, 2.75) is 58.4 Å². The van der Waals surface area contributed by atoms with Gasteiger partial charge >= 0.3 is 6.18 Å². The number of halogens is 3. The van der Waals surface area contributed by atoms with E-state index in [4.69, 9.17) is 10.5 Å². The summed E-state index contributed by atoms with van der Waals surface area (Å²) < 4.78 is 45.6. The van der Waals surface area contributed by atoms with Crippen LogP contribution in [0.4, 0.5) is 13.2 Å². The molecule has 2 unspecified atom stereocenters. The minimum atomic E-state index is -4.36. The molecule has 0 radical (unpaired) electrons. The molecule has 170 valence electrons. The molecule has 0 aliphatic carbocycles. The van der Waals surface area contributed by atoms with Gasteiger partial charge in [-0.05, 0) is 76.5 Å². The fraction of sp³-hybridized carbons (Fsp3) is 0.542. The highest BCUT2D eigenvalue weighted by Gasteiger charge is 2.41. The second kappa shape index (κ2) is 9.57. The molecule has 4 nitrogen and oxygen atoms in total. The average Bonchev–Trinajstić information content (AvgIpc) is 2.72. The summed E-state index contributed by atoms with van der Waals surface area (Å²) in [4.78, 5) is 6.90. The summed E-state index contributed by atoms with van der Waals surface area (Å²) in [5, 5.41) is 0. The second-order valence-electron chi connectivity index (χ2n) is 8.85. The molecule has 2 atom stereocenters. The van der Waals surface area contributed by atoms with Crippen LogP contribution >= 0.6 is 0 Å². The summed E-state index contributed by atoms with van der Waals surface area (Å²) in [5.41, 5.74) is 6.41. The van der Waals surface area contributed by atoms with Gasteiger partial charge in [0.05, 0.1) is 5.56 Å². The summed E-state index contributed by atoms with van der Waals surface area (Å²) >= 11 is 0. The Kier molecular flexibility index (Phi) is 7.27. The standard InChI is InChI=1S/C24H32F3N3O/c1-17-5-4-6-21(29-17)31-22(19-7-9-20(10-8-19)24(25,26)27)23(3)12-15-30(16-13-23)18(2)11-14-28/h4-10,18,22H,11-16,28H2,1-3H3.